The largest absolute Gasteiger partial charge is 0.350 e. The Bertz CT molecular complexity index is 822. The van der Waals surface area contributed by atoms with Crippen molar-refractivity contribution < 1.29 is 9.59 Å². The SMILES string of the molecule is Cc1ccc([C@@]23CCC(=O)N2[C@H](C(=O)NCc2ccccc2)CS3)cc1. The summed E-state index contributed by atoms with van der Waals surface area (Å²) in [5.74, 6) is 0.654. The molecular weight excluding hydrogens is 344 g/mol. The Morgan fingerprint density at radius 3 is 2.65 bits per heavy atom. The Kier molecular flexibility index (Phi) is 4.49. The van der Waals surface area contributed by atoms with Crippen LogP contribution in [0.2, 0.25) is 0 Å². The van der Waals surface area contributed by atoms with Crippen molar-refractivity contribution in [2.75, 3.05) is 5.75 Å². The summed E-state index contributed by atoms with van der Waals surface area (Å²) in [7, 11) is 0. The molecule has 0 spiro atoms. The first-order valence-electron chi connectivity index (χ1n) is 8.95. The van der Waals surface area contributed by atoms with Gasteiger partial charge in [-0.25, -0.2) is 0 Å². The van der Waals surface area contributed by atoms with Crippen LogP contribution in [0.5, 0.6) is 0 Å². The highest BCUT2D eigenvalue weighted by Crippen LogP contribution is 2.54. The van der Waals surface area contributed by atoms with Gasteiger partial charge in [0.1, 0.15) is 10.9 Å². The second-order valence-electron chi connectivity index (χ2n) is 6.94. The van der Waals surface area contributed by atoms with Gasteiger partial charge < -0.3 is 10.2 Å². The fourth-order valence-corrected chi connectivity index (χ4v) is 5.51. The minimum Gasteiger partial charge on any atom is -0.350 e. The summed E-state index contributed by atoms with van der Waals surface area (Å²) in [6.45, 7) is 2.54. The molecular formula is C21H22N2O2S. The van der Waals surface area contributed by atoms with Gasteiger partial charge in [-0.05, 0) is 24.5 Å². The summed E-state index contributed by atoms with van der Waals surface area (Å²) in [6, 6.07) is 17.8. The quantitative estimate of drug-likeness (QED) is 0.904. The molecule has 4 rings (SSSR count). The minimum absolute atomic E-state index is 0.0643. The van der Waals surface area contributed by atoms with Crippen LogP contribution < -0.4 is 5.32 Å². The molecule has 0 saturated carbocycles. The van der Waals surface area contributed by atoms with E-state index in [9.17, 15) is 9.59 Å². The van der Waals surface area contributed by atoms with Gasteiger partial charge in [0, 0.05) is 18.7 Å². The van der Waals surface area contributed by atoms with E-state index in [2.05, 4.69) is 36.5 Å². The molecule has 0 aliphatic carbocycles. The lowest BCUT2D eigenvalue weighted by Gasteiger charge is -2.34. The predicted octanol–water partition coefficient (Wildman–Crippen LogP) is 3.20. The lowest BCUT2D eigenvalue weighted by Crippen LogP contribution is -2.49. The summed E-state index contributed by atoms with van der Waals surface area (Å²) in [5.41, 5.74) is 3.38. The van der Waals surface area contributed by atoms with Crippen LogP contribution in [0.25, 0.3) is 0 Å². The van der Waals surface area contributed by atoms with Crippen molar-refractivity contribution in [1.82, 2.24) is 10.2 Å². The number of aryl methyl sites for hydroxylation is 1. The topological polar surface area (TPSA) is 49.4 Å². The number of rotatable bonds is 4. The van der Waals surface area contributed by atoms with E-state index < -0.39 is 6.04 Å². The van der Waals surface area contributed by atoms with Crippen LogP contribution in [-0.4, -0.2) is 28.5 Å². The van der Waals surface area contributed by atoms with Gasteiger partial charge in [0.15, 0.2) is 0 Å². The maximum Gasteiger partial charge on any atom is 0.244 e. The fourth-order valence-electron chi connectivity index (χ4n) is 3.85. The normalized spacial score (nSPS) is 24.6. The first-order valence-corrected chi connectivity index (χ1v) is 9.94. The van der Waals surface area contributed by atoms with Gasteiger partial charge >= 0.3 is 0 Å². The Balaban J connectivity index is 1.54. The van der Waals surface area contributed by atoms with Crippen molar-refractivity contribution in [3.63, 3.8) is 0 Å². The summed E-state index contributed by atoms with van der Waals surface area (Å²) >= 11 is 1.73. The van der Waals surface area contributed by atoms with Gasteiger partial charge in [-0.2, -0.15) is 0 Å². The van der Waals surface area contributed by atoms with Crippen LogP contribution in [0, 0.1) is 6.92 Å². The molecule has 0 radical (unpaired) electrons. The smallest absolute Gasteiger partial charge is 0.244 e. The van der Waals surface area contributed by atoms with E-state index in [0.29, 0.717) is 18.7 Å². The van der Waals surface area contributed by atoms with E-state index in [1.54, 1.807) is 11.8 Å². The average molecular weight is 366 g/mol. The number of amides is 2. The molecule has 1 N–H and O–H groups in total. The van der Waals surface area contributed by atoms with Gasteiger partial charge in [0.25, 0.3) is 0 Å². The zero-order chi connectivity index (χ0) is 18.1. The third-order valence-corrected chi connectivity index (χ3v) is 6.84. The Morgan fingerprint density at radius 2 is 1.92 bits per heavy atom. The molecule has 0 bridgehead atoms. The number of fused-ring (bicyclic) bond motifs is 1. The minimum atomic E-state index is -0.403. The van der Waals surface area contributed by atoms with Gasteiger partial charge in [-0.1, -0.05) is 60.2 Å². The van der Waals surface area contributed by atoms with E-state index in [0.717, 1.165) is 17.5 Å². The molecule has 2 saturated heterocycles. The van der Waals surface area contributed by atoms with Gasteiger partial charge in [0.2, 0.25) is 11.8 Å². The number of hydrogen-bond acceptors (Lipinski definition) is 3. The molecule has 2 aromatic rings. The van der Waals surface area contributed by atoms with Crippen molar-refractivity contribution in [3.05, 3.63) is 71.3 Å². The summed E-state index contributed by atoms with van der Waals surface area (Å²) in [5, 5.41) is 3.01. The number of thioether (sulfide) groups is 1. The number of carbonyl (C=O) groups excluding carboxylic acids is 2. The molecule has 2 amide bonds. The highest BCUT2D eigenvalue weighted by Gasteiger charge is 2.56. The summed E-state index contributed by atoms with van der Waals surface area (Å²) < 4.78 is 0. The first-order chi connectivity index (χ1) is 12.6. The highest BCUT2D eigenvalue weighted by atomic mass is 32.2. The number of hydrogen-bond donors (Lipinski definition) is 1. The van der Waals surface area contributed by atoms with Crippen molar-refractivity contribution in [2.45, 2.75) is 37.2 Å². The van der Waals surface area contributed by atoms with Gasteiger partial charge in [0.05, 0.1) is 0 Å². The number of benzene rings is 2. The van der Waals surface area contributed by atoms with Crippen LogP contribution >= 0.6 is 11.8 Å². The van der Waals surface area contributed by atoms with Crippen molar-refractivity contribution in [2.24, 2.45) is 0 Å². The molecule has 134 valence electrons. The maximum absolute atomic E-state index is 12.8. The Morgan fingerprint density at radius 1 is 1.19 bits per heavy atom. The number of nitrogens with zero attached hydrogens (tertiary/aromatic N) is 1. The molecule has 5 heteroatoms. The second kappa shape index (κ2) is 6.80. The third kappa shape index (κ3) is 2.90. The molecule has 2 aliphatic rings. The molecule has 2 fully saturated rings. The van der Waals surface area contributed by atoms with E-state index >= 15 is 0 Å². The zero-order valence-corrected chi connectivity index (χ0v) is 15.6. The molecule has 2 atom stereocenters. The van der Waals surface area contributed by atoms with E-state index in [-0.39, 0.29) is 16.7 Å². The van der Waals surface area contributed by atoms with Crippen LogP contribution in [-0.2, 0) is 21.0 Å². The molecule has 26 heavy (non-hydrogen) atoms. The molecule has 2 aromatic carbocycles. The Hall–Kier alpha value is -2.27. The number of carbonyl (C=O) groups is 2. The zero-order valence-electron chi connectivity index (χ0n) is 14.8. The number of nitrogens with one attached hydrogen (secondary N) is 1. The monoisotopic (exact) mass is 366 g/mol. The van der Waals surface area contributed by atoms with Crippen molar-refractivity contribution >= 4 is 23.6 Å². The molecule has 0 aromatic heterocycles. The highest BCUT2D eigenvalue weighted by molar-refractivity contribution is 8.00. The molecule has 2 aliphatic heterocycles. The summed E-state index contributed by atoms with van der Waals surface area (Å²) in [4.78, 5) is 26.9. The van der Waals surface area contributed by atoms with Crippen LogP contribution in [0.15, 0.2) is 54.6 Å². The second-order valence-corrected chi connectivity index (χ2v) is 8.24. The van der Waals surface area contributed by atoms with Crippen molar-refractivity contribution in [3.8, 4) is 0 Å². The van der Waals surface area contributed by atoms with E-state index in [4.69, 9.17) is 0 Å². The van der Waals surface area contributed by atoms with Crippen LogP contribution in [0.1, 0.15) is 29.5 Å². The predicted molar refractivity (Wildman–Crippen MR) is 103 cm³/mol. The van der Waals surface area contributed by atoms with Crippen molar-refractivity contribution in [1.29, 1.82) is 0 Å². The van der Waals surface area contributed by atoms with E-state index in [1.807, 2.05) is 35.2 Å². The summed E-state index contributed by atoms with van der Waals surface area (Å²) in [6.07, 6.45) is 1.27. The fraction of sp³-hybridized carbons (Fsp3) is 0.333. The third-order valence-electron chi connectivity index (χ3n) is 5.24. The first kappa shape index (κ1) is 17.2. The standard InChI is InChI=1S/C21H22N2O2S/c1-15-7-9-17(10-8-15)21-12-11-19(24)23(21)18(14-26-21)20(25)22-13-16-5-3-2-4-6-16/h2-10,18H,11-14H2,1H3,(H,22,25)/t18-,21-/m0/s1. The van der Waals surface area contributed by atoms with Gasteiger partial charge in [-0.15, -0.1) is 11.8 Å². The lowest BCUT2D eigenvalue weighted by molar-refractivity contribution is -0.138. The maximum atomic E-state index is 12.8. The molecule has 4 nitrogen and oxygen atoms in total. The molecule has 0 unspecified atom stereocenters. The lowest BCUT2D eigenvalue weighted by atomic mass is 10.0. The van der Waals surface area contributed by atoms with Crippen LogP contribution in [0.4, 0.5) is 0 Å². The Labute approximate surface area is 158 Å². The molecule has 2 heterocycles. The average Bonchev–Trinajstić information content (AvgIpc) is 3.21. The van der Waals surface area contributed by atoms with Crippen LogP contribution in [0.3, 0.4) is 0 Å². The van der Waals surface area contributed by atoms with E-state index in [1.165, 1.54) is 5.56 Å². The van der Waals surface area contributed by atoms with Gasteiger partial charge in [-0.3, -0.25) is 9.59 Å².